The molecule has 0 fully saturated rings. The van der Waals surface area contributed by atoms with Crippen molar-refractivity contribution in [2.24, 2.45) is 0 Å². The lowest BCUT2D eigenvalue weighted by Gasteiger charge is -2.11. The van der Waals surface area contributed by atoms with Crippen molar-refractivity contribution < 1.29 is 13.9 Å². The molecule has 1 amide bonds. The van der Waals surface area contributed by atoms with Gasteiger partial charge in [-0.05, 0) is 57.4 Å². The number of fused-ring (bicyclic) bond motifs is 1. The van der Waals surface area contributed by atoms with Crippen molar-refractivity contribution in [3.05, 3.63) is 70.5 Å². The standard InChI is InChI=1S/C19H15BrFNO2/c1-12-6-8-14(10-16(12)21)22-18(23)11-24-17-9-7-13-4-2-3-5-15(13)19(17)20/h2-10H,11H2,1H3,(H,22,23). The van der Waals surface area contributed by atoms with E-state index in [0.29, 0.717) is 17.0 Å². The van der Waals surface area contributed by atoms with Crippen LogP contribution >= 0.6 is 15.9 Å². The van der Waals surface area contributed by atoms with E-state index in [4.69, 9.17) is 4.74 Å². The number of aryl methyl sites for hydroxylation is 1. The van der Waals surface area contributed by atoms with E-state index >= 15 is 0 Å². The smallest absolute Gasteiger partial charge is 0.262 e. The average Bonchev–Trinajstić information content (AvgIpc) is 2.58. The predicted octanol–water partition coefficient (Wildman–Crippen LogP) is 5.07. The first kappa shape index (κ1) is 16.5. The van der Waals surface area contributed by atoms with Gasteiger partial charge in [-0.1, -0.05) is 36.4 Å². The molecule has 0 atom stereocenters. The third-order valence-corrected chi connectivity index (χ3v) is 4.46. The van der Waals surface area contributed by atoms with E-state index in [9.17, 15) is 9.18 Å². The van der Waals surface area contributed by atoms with Gasteiger partial charge in [0.15, 0.2) is 6.61 Å². The Labute approximate surface area is 147 Å². The van der Waals surface area contributed by atoms with Crippen molar-refractivity contribution in [1.29, 1.82) is 0 Å². The molecule has 0 spiro atoms. The number of ether oxygens (including phenoxy) is 1. The van der Waals surface area contributed by atoms with Crippen LogP contribution in [-0.4, -0.2) is 12.5 Å². The van der Waals surface area contributed by atoms with E-state index < -0.39 is 0 Å². The highest BCUT2D eigenvalue weighted by Gasteiger charge is 2.09. The Hall–Kier alpha value is -2.40. The number of carbonyl (C=O) groups is 1. The first-order valence-corrected chi connectivity index (χ1v) is 8.20. The summed E-state index contributed by atoms with van der Waals surface area (Å²) in [6.45, 7) is 1.51. The number of hydrogen-bond acceptors (Lipinski definition) is 2. The van der Waals surface area contributed by atoms with Gasteiger partial charge < -0.3 is 10.1 Å². The fourth-order valence-corrected chi connectivity index (χ4v) is 2.94. The lowest BCUT2D eigenvalue weighted by Crippen LogP contribution is -2.20. The van der Waals surface area contributed by atoms with Gasteiger partial charge in [0, 0.05) is 5.69 Å². The molecule has 24 heavy (non-hydrogen) atoms. The summed E-state index contributed by atoms with van der Waals surface area (Å²) in [7, 11) is 0. The van der Waals surface area contributed by atoms with Crippen LogP contribution in [0.4, 0.5) is 10.1 Å². The molecule has 0 unspecified atom stereocenters. The van der Waals surface area contributed by atoms with Gasteiger partial charge in [-0.3, -0.25) is 4.79 Å². The summed E-state index contributed by atoms with van der Waals surface area (Å²) in [5.74, 6) is -0.122. The minimum Gasteiger partial charge on any atom is -0.483 e. The summed E-state index contributed by atoms with van der Waals surface area (Å²) in [6.07, 6.45) is 0. The summed E-state index contributed by atoms with van der Waals surface area (Å²) in [4.78, 5) is 12.0. The molecule has 0 bridgehead atoms. The molecule has 0 saturated heterocycles. The maximum Gasteiger partial charge on any atom is 0.262 e. The molecule has 0 aromatic heterocycles. The summed E-state index contributed by atoms with van der Waals surface area (Å²) in [5, 5.41) is 4.71. The number of carbonyl (C=O) groups excluding carboxylic acids is 1. The highest BCUT2D eigenvalue weighted by Crippen LogP contribution is 2.33. The van der Waals surface area contributed by atoms with E-state index in [1.54, 1.807) is 19.1 Å². The number of halogens is 2. The Kier molecular flexibility index (Phi) is 4.81. The van der Waals surface area contributed by atoms with Crippen molar-refractivity contribution in [1.82, 2.24) is 0 Å². The van der Waals surface area contributed by atoms with Crippen molar-refractivity contribution in [2.75, 3.05) is 11.9 Å². The summed E-state index contributed by atoms with van der Waals surface area (Å²) in [6, 6.07) is 16.2. The number of benzene rings is 3. The van der Waals surface area contributed by atoms with Gasteiger partial charge in [-0.15, -0.1) is 0 Å². The molecule has 3 rings (SSSR count). The monoisotopic (exact) mass is 387 g/mol. The van der Waals surface area contributed by atoms with Gasteiger partial charge >= 0.3 is 0 Å². The van der Waals surface area contributed by atoms with Crippen LogP contribution in [0.15, 0.2) is 59.1 Å². The number of amides is 1. The Morgan fingerprint density at radius 2 is 1.96 bits per heavy atom. The zero-order valence-corrected chi connectivity index (χ0v) is 14.6. The van der Waals surface area contributed by atoms with E-state index in [-0.39, 0.29) is 18.3 Å². The largest absolute Gasteiger partial charge is 0.483 e. The zero-order chi connectivity index (χ0) is 17.1. The van der Waals surface area contributed by atoms with Crippen molar-refractivity contribution in [3.8, 4) is 5.75 Å². The van der Waals surface area contributed by atoms with Crippen LogP contribution in [0, 0.1) is 12.7 Å². The second-order valence-corrected chi connectivity index (χ2v) is 6.19. The molecule has 3 aromatic carbocycles. The fourth-order valence-electron chi connectivity index (χ4n) is 2.34. The normalized spacial score (nSPS) is 10.6. The zero-order valence-electron chi connectivity index (χ0n) is 13.0. The molecule has 3 aromatic rings. The van der Waals surface area contributed by atoms with Crippen molar-refractivity contribution in [2.45, 2.75) is 6.92 Å². The lowest BCUT2D eigenvalue weighted by atomic mass is 10.1. The van der Waals surface area contributed by atoms with E-state index in [1.165, 1.54) is 6.07 Å². The van der Waals surface area contributed by atoms with Crippen LogP contribution in [0.5, 0.6) is 5.75 Å². The first-order chi connectivity index (χ1) is 11.5. The quantitative estimate of drug-likeness (QED) is 0.678. The van der Waals surface area contributed by atoms with Crippen LogP contribution in [-0.2, 0) is 4.79 Å². The topological polar surface area (TPSA) is 38.3 Å². The van der Waals surface area contributed by atoms with Crippen LogP contribution in [0.2, 0.25) is 0 Å². The Bertz CT molecular complexity index is 911. The van der Waals surface area contributed by atoms with E-state index in [0.717, 1.165) is 15.2 Å². The van der Waals surface area contributed by atoms with Gasteiger partial charge in [-0.25, -0.2) is 4.39 Å². The second kappa shape index (κ2) is 7.01. The Morgan fingerprint density at radius 3 is 2.75 bits per heavy atom. The maximum atomic E-state index is 13.5. The molecule has 0 heterocycles. The summed E-state index contributed by atoms with van der Waals surface area (Å²) < 4.78 is 19.9. The van der Waals surface area contributed by atoms with Gasteiger partial charge in [0.2, 0.25) is 0 Å². The fraction of sp³-hybridized carbons (Fsp3) is 0.105. The molecular weight excluding hydrogens is 373 g/mol. The maximum absolute atomic E-state index is 13.5. The predicted molar refractivity (Wildman–Crippen MR) is 96.9 cm³/mol. The Balaban J connectivity index is 1.68. The number of nitrogens with one attached hydrogen (secondary N) is 1. The third-order valence-electron chi connectivity index (χ3n) is 3.64. The van der Waals surface area contributed by atoms with Crippen LogP contribution < -0.4 is 10.1 Å². The molecule has 0 aliphatic carbocycles. The number of anilines is 1. The minimum atomic E-state index is -0.356. The molecule has 5 heteroatoms. The van der Waals surface area contributed by atoms with Gasteiger partial charge in [0.25, 0.3) is 5.91 Å². The average molecular weight is 388 g/mol. The minimum absolute atomic E-state index is 0.160. The summed E-state index contributed by atoms with van der Waals surface area (Å²) in [5.41, 5.74) is 0.939. The van der Waals surface area contributed by atoms with Crippen molar-refractivity contribution >= 4 is 38.3 Å². The molecular formula is C19H15BrFNO2. The molecule has 0 radical (unpaired) electrons. The molecule has 0 saturated carbocycles. The molecule has 1 N–H and O–H groups in total. The highest BCUT2D eigenvalue weighted by atomic mass is 79.9. The van der Waals surface area contributed by atoms with Crippen LogP contribution in [0.1, 0.15) is 5.56 Å². The highest BCUT2D eigenvalue weighted by molar-refractivity contribution is 9.10. The summed E-state index contributed by atoms with van der Waals surface area (Å²) >= 11 is 3.51. The Morgan fingerprint density at radius 1 is 1.17 bits per heavy atom. The van der Waals surface area contributed by atoms with Crippen LogP contribution in [0.25, 0.3) is 10.8 Å². The van der Waals surface area contributed by atoms with Crippen molar-refractivity contribution in [3.63, 3.8) is 0 Å². The lowest BCUT2D eigenvalue weighted by molar-refractivity contribution is -0.118. The second-order valence-electron chi connectivity index (χ2n) is 5.40. The number of rotatable bonds is 4. The van der Waals surface area contributed by atoms with Gasteiger partial charge in [0.1, 0.15) is 11.6 Å². The third kappa shape index (κ3) is 3.57. The molecule has 0 aliphatic heterocycles. The van der Waals surface area contributed by atoms with Gasteiger partial charge in [-0.2, -0.15) is 0 Å². The molecule has 122 valence electrons. The molecule has 3 nitrogen and oxygen atoms in total. The van der Waals surface area contributed by atoms with E-state index in [2.05, 4.69) is 21.2 Å². The van der Waals surface area contributed by atoms with Crippen LogP contribution in [0.3, 0.4) is 0 Å². The van der Waals surface area contributed by atoms with Gasteiger partial charge in [0.05, 0.1) is 4.47 Å². The number of hydrogen-bond donors (Lipinski definition) is 1. The first-order valence-electron chi connectivity index (χ1n) is 7.40. The molecule has 0 aliphatic rings. The SMILES string of the molecule is Cc1ccc(NC(=O)COc2ccc3ccccc3c2Br)cc1F. The van der Waals surface area contributed by atoms with E-state index in [1.807, 2.05) is 36.4 Å².